The third-order valence-corrected chi connectivity index (χ3v) is 1.19. The molecule has 0 aliphatic rings. The predicted octanol–water partition coefficient (Wildman–Crippen LogP) is 0.727. The SMILES string of the molecule is CN(C=O)c1c[c-]c[c-]c1.[C-]#[O+].[C-]#[O+].[C-]#[O+].[C-]#[O+].[Fe+2]. The number of anilines is 1. The fourth-order valence-electron chi connectivity index (χ4n) is 0.608. The maximum atomic E-state index is 10.2. The topological polar surface area (TPSA) is 99.9 Å². The Balaban J connectivity index is -0.0000000628. The summed E-state index contributed by atoms with van der Waals surface area (Å²) in [5, 5.41) is 0. The van der Waals surface area contributed by atoms with Gasteiger partial charge in [0.2, 0.25) is 0 Å². The second kappa shape index (κ2) is 36.0. The summed E-state index contributed by atoms with van der Waals surface area (Å²) >= 11 is 0. The molecule has 0 radical (unpaired) electrons. The van der Waals surface area contributed by atoms with Crippen LogP contribution in [0.1, 0.15) is 0 Å². The van der Waals surface area contributed by atoms with E-state index in [9.17, 15) is 4.79 Å². The third kappa shape index (κ3) is 21.9. The minimum Gasteiger partial charge on any atom is 2.00 e. The van der Waals surface area contributed by atoms with E-state index in [1.807, 2.05) is 0 Å². The Hall–Kier alpha value is -1.83. The van der Waals surface area contributed by atoms with Gasteiger partial charge in [-0.3, -0.25) is 16.9 Å². The van der Waals surface area contributed by atoms with Crippen molar-refractivity contribution in [3.8, 4) is 0 Å². The average Bonchev–Trinajstić information content (AvgIpc) is 2.55. The molecule has 0 atom stereocenters. The molecule has 0 N–H and O–H groups in total. The molecule has 0 aliphatic carbocycles. The molecule has 0 fully saturated rings. The fraction of sp³-hybridized carbons (Fsp3) is 0.0833. The van der Waals surface area contributed by atoms with Crippen molar-refractivity contribution in [1.29, 1.82) is 0 Å². The Labute approximate surface area is 122 Å². The van der Waals surface area contributed by atoms with Crippen molar-refractivity contribution in [2.24, 2.45) is 0 Å². The van der Waals surface area contributed by atoms with E-state index in [0.29, 0.717) is 0 Å². The van der Waals surface area contributed by atoms with E-state index < -0.39 is 0 Å². The van der Waals surface area contributed by atoms with Gasteiger partial charge in [0.1, 0.15) is 0 Å². The number of benzene rings is 1. The molecule has 1 rings (SSSR count). The molecule has 0 aliphatic heterocycles. The first kappa shape index (κ1) is 30.3. The minimum atomic E-state index is 0. The maximum absolute atomic E-state index is 10.2. The van der Waals surface area contributed by atoms with Crippen molar-refractivity contribution in [3.63, 3.8) is 0 Å². The molecule has 98 valence electrons. The van der Waals surface area contributed by atoms with Crippen molar-refractivity contribution < 1.29 is 40.5 Å². The molecule has 6 nitrogen and oxygen atoms in total. The Bertz CT molecular complexity index is 335. The first-order chi connectivity index (χ1) is 8.84. The Morgan fingerprint density at radius 2 is 1.32 bits per heavy atom. The zero-order chi connectivity index (χ0) is 15.4. The number of rotatable bonds is 2. The van der Waals surface area contributed by atoms with Gasteiger partial charge in [-0.15, -0.1) is 0 Å². The zero-order valence-electron chi connectivity index (χ0n) is 9.65. The van der Waals surface area contributed by atoms with Crippen LogP contribution in [0.4, 0.5) is 5.69 Å². The van der Waals surface area contributed by atoms with Crippen LogP contribution in [0.15, 0.2) is 18.2 Å². The molecule has 0 saturated carbocycles. The van der Waals surface area contributed by atoms with E-state index in [4.69, 9.17) is 18.6 Å². The normalized spacial score (nSPS) is 5.11. The van der Waals surface area contributed by atoms with Crippen molar-refractivity contribution in [1.82, 2.24) is 0 Å². The van der Waals surface area contributed by atoms with Gasteiger partial charge in [-0.25, -0.2) is 0 Å². The third-order valence-electron chi connectivity index (χ3n) is 1.19. The number of hydrogen-bond acceptors (Lipinski definition) is 1. The molecule has 0 unspecified atom stereocenters. The molecular formula is C12H7FeNO5. The van der Waals surface area contributed by atoms with Crippen molar-refractivity contribution >= 4 is 12.1 Å². The smallest absolute Gasteiger partial charge is 2.00 e. The molecule has 0 saturated heterocycles. The van der Waals surface area contributed by atoms with Crippen LogP contribution < -0.4 is 4.90 Å². The number of carbonyl (C=O) groups excluding carboxylic acids is 1. The molecule has 0 aromatic heterocycles. The number of hydrogen-bond donors (Lipinski definition) is 0. The van der Waals surface area contributed by atoms with Gasteiger partial charge in [0, 0.05) is 0 Å². The fourth-order valence-corrected chi connectivity index (χ4v) is 0.608. The molecule has 1 amide bonds. The molecule has 1 aromatic rings. The van der Waals surface area contributed by atoms with E-state index in [1.54, 1.807) is 25.2 Å². The second-order valence-corrected chi connectivity index (χ2v) is 1.91. The first-order valence-electron chi connectivity index (χ1n) is 3.71. The largest absolute Gasteiger partial charge is 2.00 e. The van der Waals surface area contributed by atoms with Gasteiger partial charge in [0.05, 0.1) is 0 Å². The van der Waals surface area contributed by atoms with Gasteiger partial charge in [-0.1, -0.05) is 0 Å². The van der Waals surface area contributed by atoms with Crippen LogP contribution in [-0.2, 0) is 40.5 Å². The second-order valence-electron chi connectivity index (χ2n) is 1.91. The van der Waals surface area contributed by atoms with Crippen LogP contribution in [-0.4, -0.2) is 13.5 Å². The summed E-state index contributed by atoms with van der Waals surface area (Å²) in [6.45, 7) is 18.0. The number of nitrogens with zero attached hydrogens (tertiary/aromatic N) is 1. The standard InChI is InChI=1S/C8H7NO.4CO.Fe/c1-9(7-10)8-5-3-2-4-6-8;4*1-2;/h2,5-7H,1H3;;;;;/q-2;;;;;+2. The number of amides is 1. The Kier molecular flexibility index (Phi) is 57.4. The van der Waals surface area contributed by atoms with Crippen LogP contribution in [0.3, 0.4) is 0 Å². The first-order valence-corrected chi connectivity index (χ1v) is 3.71. The van der Waals surface area contributed by atoms with E-state index >= 15 is 0 Å². The zero-order valence-corrected chi connectivity index (χ0v) is 10.8. The molecule has 0 spiro atoms. The monoisotopic (exact) mass is 301 g/mol. The van der Waals surface area contributed by atoms with Gasteiger partial charge in [-0.2, -0.15) is 5.69 Å². The predicted molar refractivity (Wildman–Crippen MR) is 54.3 cm³/mol. The summed E-state index contributed by atoms with van der Waals surface area (Å²) in [6, 6.07) is 10.8. The summed E-state index contributed by atoms with van der Waals surface area (Å²) in [5.41, 5.74) is 0.803. The number of carbonyl (C=O) groups is 1. The Morgan fingerprint density at radius 1 is 1.00 bits per heavy atom. The summed E-state index contributed by atoms with van der Waals surface area (Å²) in [6.07, 6.45) is 0.747. The molecule has 1 aromatic carbocycles. The van der Waals surface area contributed by atoms with Crippen LogP contribution >= 0.6 is 0 Å². The maximum Gasteiger partial charge on any atom is 2.00 e. The van der Waals surface area contributed by atoms with Crippen LogP contribution in [0, 0.1) is 38.7 Å². The summed E-state index contributed by atoms with van der Waals surface area (Å²) in [4.78, 5) is 11.7. The van der Waals surface area contributed by atoms with Crippen LogP contribution in [0.5, 0.6) is 0 Å². The molecule has 7 heteroatoms. The van der Waals surface area contributed by atoms with E-state index in [1.165, 1.54) is 4.90 Å². The summed E-state index contributed by atoms with van der Waals surface area (Å²) in [5.74, 6) is 0. The summed E-state index contributed by atoms with van der Waals surface area (Å²) in [7, 11) is 1.68. The van der Waals surface area contributed by atoms with Gasteiger partial charge < -0.3 is 23.1 Å². The van der Waals surface area contributed by atoms with Crippen molar-refractivity contribution in [2.45, 2.75) is 0 Å². The Morgan fingerprint density at radius 3 is 1.58 bits per heavy atom. The van der Waals surface area contributed by atoms with E-state index in [0.717, 1.165) is 12.1 Å². The van der Waals surface area contributed by atoms with Gasteiger partial charge in [0.25, 0.3) is 0 Å². The van der Waals surface area contributed by atoms with Crippen molar-refractivity contribution in [3.05, 3.63) is 56.9 Å². The van der Waals surface area contributed by atoms with E-state index in [-0.39, 0.29) is 17.1 Å². The van der Waals surface area contributed by atoms with Gasteiger partial charge in [-0.05, 0) is 7.05 Å². The molecule has 0 heterocycles. The van der Waals surface area contributed by atoms with Crippen molar-refractivity contribution in [2.75, 3.05) is 11.9 Å². The van der Waals surface area contributed by atoms with Crippen LogP contribution in [0.2, 0.25) is 0 Å². The molecular weight excluding hydrogens is 294 g/mol. The van der Waals surface area contributed by atoms with Gasteiger partial charge in [0.15, 0.2) is 6.41 Å². The molecule has 0 bridgehead atoms. The molecule has 19 heavy (non-hydrogen) atoms. The van der Waals surface area contributed by atoms with E-state index in [2.05, 4.69) is 38.7 Å². The van der Waals surface area contributed by atoms with Gasteiger partial charge >= 0.3 is 62.3 Å². The minimum absolute atomic E-state index is 0. The quantitative estimate of drug-likeness (QED) is 0.342. The van der Waals surface area contributed by atoms with Crippen LogP contribution in [0.25, 0.3) is 0 Å². The average molecular weight is 301 g/mol. The summed E-state index contributed by atoms with van der Waals surface area (Å²) < 4.78 is 30.0.